The van der Waals surface area contributed by atoms with Crippen molar-refractivity contribution in [1.29, 1.82) is 0 Å². The van der Waals surface area contributed by atoms with Crippen molar-refractivity contribution in [3.05, 3.63) is 52.9 Å². The third kappa shape index (κ3) is 3.45. The molecule has 0 fully saturated rings. The lowest BCUT2D eigenvalue weighted by atomic mass is 10.2. The van der Waals surface area contributed by atoms with E-state index in [1.165, 1.54) is 30.0 Å². The van der Waals surface area contributed by atoms with E-state index in [-0.39, 0.29) is 5.82 Å². The van der Waals surface area contributed by atoms with Crippen molar-refractivity contribution in [2.45, 2.75) is 4.90 Å². The van der Waals surface area contributed by atoms with E-state index in [9.17, 15) is 9.18 Å². The number of carbonyl (C=O) groups is 1. The summed E-state index contributed by atoms with van der Waals surface area (Å²) in [5.74, 6) is -0.920. The van der Waals surface area contributed by atoms with Crippen molar-refractivity contribution in [2.75, 3.05) is 11.6 Å². The van der Waals surface area contributed by atoms with Crippen molar-refractivity contribution in [3.63, 3.8) is 0 Å². The van der Waals surface area contributed by atoms with Gasteiger partial charge in [-0.2, -0.15) is 4.39 Å². The average Bonchev–Trinajstić information content (AvgIpc) is 2.39. The van der Waals surface area contributed by atoms with E-state index in [1.807, 2.05) is 12.3 Å². The highest BCUT2D eigenvalue weighted by atomic mass is 35.5. The van der Waals surface area contributed by atoms with Gasteiger partial charge in [0.15, 0.2) is 0 Å². The van der Waals surface area contributed by atoms with Gasteiger partial charge in [-0.05, 0) is 36.6 Å². The lowest BCUT2D eigenvalue weighted by Crippen LogP contribution is -2.13. The summed E-state index contributed by atoms with van der Waals surface area (Å²) in [6.07, 6.45) is 1.90. The van der Waals surface area contributed by atoms with Crippen LogP contribution < -0.4 is 5.32 Å². The lowest BCUT2D eigenvalue weighted by molar-refractivity contribution is 0.102. The highest BCUT2D eigenvalue weighted by molar-refractivity contribution is 7.98. The number of pyridine rings is 1. The van der Waals surface area contributed by atoms with Gasteiger partial charge in [-0.1, -0.05) is 17.7 Å². The predicted octanol–water partition coefficient (Wildman–Crippen LogP) is 3.85. The number of benzene rings is 1. The first-order valence-corrected chi connectivity index (χ1v) is 6.98. The maximum absolute atomic E-state index is 12.9. The van der Waals surface area contributed by atoms with Gasteiger partial charge in [-0.25, -0.2) is 4.98 Å². The Labute approximate surface area is 119 Å². The number of thioether (sulfide) groups is 1. The van der Waals surface area contributed by atoms with Gasteiger partial charge < -0.3 is 5.32 Å². The number of halogens is 2. The van der Waals surface area contributed by atoms with Crippen molar-refractivity contribution in [3.8, 4) is 0 Å². The van der Waals surface area contributed by atoms with Crippen LogP contribution in [0.4, 0.5) is 10.2 Å². The first kappa shape index (κ1) is 13.8. The zero-order chi connectivity index (χ0) is 13.8. The molecule has 6 heteroatoms. The van der Waals surface area contributed by atoms with Crippen LogP contribution in [-0.4, -0.2) is 17.1 Å². The Kier molecular flexibility index (Phi) is 4.39. The van der Waals surface area contributed by atoms with Gasteiger partial charge in [0, 0.05) is 4.90 Å². The molecule has 19 heavy (non-hydrogen) atoms. The Balaban J connectivity index is 2.25. The van der Waals surface area contributed by atoms with Crippen LogP contribution in [0.15, 0.2) is 41.3 Å². The Bertz CT molecular complexity index is 621. The second kappa shape index (κ2) is 6.04. The van der Waals surface area contributed by atoms with Gasteiger partial charge in [-0.3, -0.25) is 4.79 Å². The first-order valence-electron chi connectivity index (χ1n) is 5.37. The molecule has 98 valence electrons. The molecule has 2 aromatic rings. The molecule has 0 bridgehead atoms. The van der Waals surface area contributed by atoms with E-state index in [2.05, 4.69) is 10.3 Å². The van der Waals surface area contributed by atoms with Crippen molar-refractivity contribution in [2.24, 2.45) is 0 Å². The summed E-state index contributed by atoms with van der Waals surface area (Å²) in [5, 5.41) is 2.85. The molecule has 0 aliphatic rings. The van der Waals surface area contributed by atoms with Crippen LogP contribution in [0.1, 0.15) is 10.4 Å². The van der Waals surface area contributed by atoms with Crippen LogP contribution in [-0.2, 0) is 0 Å². The number of nitrogens with zero attached hydrogens (tertiary/aromatic N) is 1. The summed E-state index contributed by atoms with van der Waals surface area (Å²) in [7, 11) is 0. The van der Waals surface area contributed by atoms with Crippen LogP contribution >= 0.6 is 23.4 Å². The normalized spacial score (nSPS) is 10.3. The van der Waals surface area contributed by atoms with Gasteiger partial charge in [0.1, 0.15) is 5.82 Å². The van der Waals surface area contributed by atoms with Crippen LogP contribution in [0, 0.1) is 5.95 Å². The van der Waals surface area contributed by atoms with E-state index < -0.39 is 11.9 Å². The molecule has 0 atom stereocenters. The molecule has 3 nitrogen and oxygen atoms in total. The summed E-state index contributed by atoms with van der Waals surface area (Å²) in [5.41, 5.74) is 0.333. The highest BCUT2D eigenvalue weighted by Crippen LogP contribution is 2.23. The topological polar surface area (TPSA) is 42.0 Å². The molecule has 1 N–H and O–H groups in total. The van der Waals surface area contributed by atoms with Gasteiger partial charge in [0.05, 0.1) is 10.6 Å². The standard InChI is InChI=1S/C13H10ClFN2OS/c1-19-8-5-6-10(14)9(7-8)13(18)17-12-4-2-3-11(15)16-12/h2-7H,1H3,(H,16,17,18). The minimum Gasteiger partial charge on any atom is -0.306 e. The van der Waals surface area contributed by atoms with Crippen LogP contribution in [0.5, 0.6) is 0 Å². The Morgan fingerprint density at radius 1 is 1.37 bits per heavy atom. The molecule has 2 rings (SSSR count). The number of aromatic nitrogens is 1. The van der Waals surface area contributed by atoms with E-state index in [0.717, 1.165) is 4.90 Å². The van der Waals surface area contributed by atoms with Gasteiger partial charge in [0.25, 0.3) is 5.91 Å². The zero-order valence-corrected chi connectivity index (χ0v) is 11.6. The minimum atomic E-state index is -0.651. The molecule has 0 radical (unpaired) electrons. The molecule has 0 unspecified atom stereocenters. The van der Waals surface area contributed by atoms with E-state index in [4.69, 9.17) is 11.6 Å². The third-order valence-electron chi connectivity index (χ3n) is 2.37. The summed E-state index contributed by atoms with van der Waals surface area (Å²) in [6, 6.07) is 9.34. The quantitative estimate of drug-likeness (QED) is 0.691. The molecule has 1 aromatic heterocycles. The summed E-state index contributed by atoms with van der Waals surface area (Å²) in [4.78, 5) is 16.5. The molecule has 0 spiro atoms. The van der Waals surface area contributed by atoms with Gasteiger partial charge >= 0.3 is 0 Å². The molecular formula is C13H10ClFN2OS. The summed E-state index contributed by atoms with van der Waals surface area (Å²) in [6.45, 7) is 0. The Morgan fingerprint density at radius 2 is 2.16 bits per heavy atom. The summed E-state index contributed by atoms with van der Waals surface area (Å²) < 4.78 is 12.9. The fourth-order valence-electron chi connectivity index (χ4n) is 1.47. The number of hydrogen-bond acceptors (Lipinski definition) is 3. The van der Waals surface area contributed by atoms with E-state index in [0.29, 0.717) is 10.6 Å². The van der Waals surface area contributed by atoms with Crippen LogP contribution in [0.25, 0.3) is 0 Å². The lowest BCUT2D eigenvalue weighted by Gasteiger charge is -2.07. The zero-order valence-electron chi connectivity index (χ0n) is 9.98. The molecule has 1 heterocycles. The molecule has 0 aliphatic carbocycles. The maximum Gasteiger partial charge on any atom is 0.258 e. The predicted molar refractivity (Wildman–Crippen MR) is 75.4 cm³/mol. The van der Waals surface area contributed by atoms with Crippen molar-refractivity contribution in [1.82, 2.24) is 4.98 Å². The monoisotopic (exact) mass is 296 g/mol. The van der Waals surface area contributed by atoms with Gasteiger partial charge in [-0.15, -0.1) is 11.8 Å². The fraction of sp³-hybridized carbons (Fsp3) is 0.0769. The smallest absolute Gasteiger partial charge is 0.258 e. The largest absolute Gasteiger partial charge is 0.306 e. The first-order chi connectivity index (χ1) is 9.10. The SMILES string of the molecule is CSc1ccc(Cl)c(C(=O)Nc2cccc(F)n2)c1. The second-order valence-electron chi connectivity index (χ2n) is 3.65. The molecule has 1 amide bonds. The van der Waals surface area contributed by atoms with Crippen molar-refractivity contribution < 1.29 is 9.18 Å². The molecule has 0 saturated carbocycles. The minimum absolute atomic E-state index is 0.149. The van der Waals surface area contributed by atoms with Crippen molar-refractivity contribution >= 4 is 35.1 Å². The van der Waals surface area contributed by atoms with Gasteiger partial charge in [0.2, 0.25) is 5.95 Å². The van der Waals surface area contributed by atoms with Crippen LogP contribution in [0.2, 0.25) is 5.02 Å². The highest BCUT2D eigenvalue weighted by Gasteiger charge is 2.12. The van der Waals surface area contributed by atoms with E-state index in [1.54, 1.807) is 12.1 Å². The second-order valence-corrected chi connectivity index (χ2v) is 4.93. The number of hydrogen-bond donors (Lipinski definition) is 1. The maximum atomic E-state index is 12.9. The van der Waals surface area contributed by atoms with E-state index >= 15 is 0 Å². The fourth-order valence-corrected chi connectivity index (χ4v) is 2.11. The summed E-state index contributed by atoms with van der Waals surface area (Å²) >= 11 is 7.48. The number of nitrogens with one attached hydrogen (secondary N) is 1. The number of carbonyl (C=O) groups excluding carboxylic acids is 1. The number of rotatable bonds is 3. The number of anilines is 1. The molecular weight excluding hydrogens is 287 g/mol. The third-order valence-corrected chi connectivity index (χ3v) is 3.43. The molecule has 0 aliphatic heterocycles. The molecule has 1 aromatic carbocycles. The Hall–Kier alpha value is -1.59. The average molecular weight is 297 g/mol. The van der Waals surface area contributed by atoms with Crippen LogP contribution in [0.3, 0.4) is 0 Å². The Morgan fingerprint density at radius 3 is 2.84 bits per heavy atom. The molecule has 0 saturated heterocycles. The number of amides is 1.